The highest BCUT2D eigenvalue weighted by Crippen LogP contribution is 2.29. The summed E-state index contributed by atoms with van der Waals surface area (Å²) >= 11 is 10.9. The number of hydrogen-bond acceptors (Lipinski definition) is 3. The Morgan fingerprint density at radius 1 is 1.50 bits per heavy atom. The lowest BCUT2D eigenvalue weighted by Gasteiger charge is -2.09. The molecule has 0 fully saturated rings. The molecule has 1 atom stereocenters. The van der Waals surface area contributed by atoms with E-state index in [4.69, 9.17) is 11.6 Å². The standard InChI is InChI=1S/C13H10BrClFN3S/c1-7(15)13-18-11-3-10(16)9(14)2-12(11)19(13)4-8-5-20-6-17-8/h2-3,5-7H,4H2,1H3. The van der Waals surface area contributed by atoms with Crippen LogP contribution in [-0.4, -0.2) is 14.5 Å². The maximum Gasteiger partial charge on any atom is 0.139 e. The van der Waals surface area contributed by atoms with Crippen LogP contribution in [0.4, 0.5) is 4.39 Å². The fourth-order valence-electron chi connectivity index (χ4n) is 2.09. The second-order valence-corrected chi connectivity index (χ2v) is 6.63. The Morgan fingerprint density at radius 2 is 2.30 bits per heavy atom. The highest BCUT2D eigenvalue weighted by atomic mass is 79.9. The molecule has 0 bridgehead atoms. The molecule has 2 heterocycles. The third-order valence-electron chi connectivity index (χ3n) is 2.98. The van der Waals surface area contributed by atoms with E-state index < -0.39 is 0 Å². The molecular weight excluding hydrogens is 365 g/mol. The lowest BCUT2D eigenvalue weighted by molar-refractivity contribution is 0.622. The largest absolute Gasteiger partial charge is 0.321 e. The summed E-state index contributed by atoms with van der Waals surface area (Å²) in [5.74, 6) is 0.386. The van der Waals surface area contributed by atoms with Gasteiger partial charge in [0, 0.05) is 11.4 Å². The zero-order valence-electron chi connectivity index (χ0n) is 10.5. The Balaban J connectivity index is 2.20. The lowest BCUT2D eigenvalue weighted by atomic mass is 10.3. The van der Waals surface area contributed by atoms with Gasteiger partial charge in [-0.3, -0.25) is 0 Å². The van der Waals surface area contributed by atoms with Crippen molar-refractivity contribution in [3.05, 3.63) is 44.8 Å². The predicted molar refractivity (Wildman–Crippen MR) is 82.9 cm³/mol. The summed E-state index contributed by atoms with van der Waals surface area (Å²) in [6, 6.07) is 3.15. The number of aromatic nitrogens is 3. The fraction of sp³-hybridized carbons (Fsp3) is 0.231. The maximum atomic E-state index is 13.6. The fourth-order valence-corrected chi connectivity index (χ4v) is 3.13. The van der Waals surface area contributed by atoms with Crippen LogP contribution < -0.4 is 0 Å². The van der Waals surface area contributed by atoms with Crippen LogP contribution in [-0.2, 0) is 6.54 Å². The zero-order chi connectivity index (χ0) is 14.3. The predicted octanol–water partition coefficient (Wildman–Crippen LogP) is 4.74. The molecule has 7 heteroatoms. The minimum atomic E-state index is -0.329. The van der Waals surface area contributed by atoms with Crippen molar-refractivity contribution in [1.29, 1.82) is 0 Å². The summed E-state index contributed by atoms with van der Waals surface area (Å²) in [5, 5.41) is 1.72. The summed E-state index contributed by atoms with van der Waals surface area (Å²) in [6.07, 6.45) is 0. The Labute approximate surface area is 132 Å². The van der Waals surface area contributed by atoms with Crippen LogP contribution in [0.5, 0.6) is 0 Å². The van der Waals surface area contributed by atoms with E-state index in [0.29, 0.717) is 22.4 Å². The Hall–Kier alpha value is -0.980. The second-order valence-electron chi connectivity index (χ2n) is 4.41. The minimum Gasteiger partial charge on any atom is -0.321 e. The topological polar surface area (TPSA) is 30.7 Å². The third kappa shape index (κ3) is 2.47. The average Bonchev–Trinajstić information content (AvgIpc) is 3.00. The van der Waals surface area contributed by atoms with E-state index in [2.05, 4.69) is 25.9 Å². The van der Waals surface area contributed by atoms with Gasteiger partial charge in [0.05, 0.1) is 38.6 Å². The number of imidazole rings is 1. The molecule has 1 aromatic carbocycles. The smallest absolute Gasteiger partial charge is 0.139 e. The van der Waals surface area contributed by atoms with Gasteiger partial charge in [-0.25, -0.2) is 14.4 Å². The quantitative estimate of drug-likeness (QED) is 0.620. The third-order valence-corrected chi connectivity index (χ3v) is 4.42. The summed E-state index contributed by atoms with van der Waals surface area (Å²) in [6.45, 7) is 2.43. The van der Waals surface area contributed by atoms with E-state index in [-0.39, 0.29) is 11.2 Å². The lowest BCUT2D eigenvalue weighted by Crippen LogP contribution is -2.06. The molecule has 0 saturated heterocycles. The van der Waals surface area contributed by atoms with E-state index in [1.165, 1.54) is 17.4 Å². The summed E-state index contributed by atoms with van der Waals surface area (Å²) < 4.78 is 16.0. The maximum absolute atomic E-state index is 13.6. The highest BCUT2D eigenvalue weighted by molar-refractivity contribution is 9.10. The Morgan fingerprint density at radius 3 is 2.95 bits per heavy atom. The van der Waals surface area contributed by atoms with Crippen molar-refractivity contribution in [2.24, 2.45) is 0 Å². The van der Waals surface area contributed by atoms with Crippen LogP contribution in [0.1, 0.15) is 23.8 Å². The molecule has 104 valence electrons. The van der Waals surface area contributed by atoms with Crippen LogP contribution in [0.3, 0.4) is 0 Å². The van der Waals surface area contributed by atoms with Crippen molar-refractivity contribution in [1.82, 2.24) is 14.5 Å². The first-order valence-electron chi connectivity index (χ1n) is 5.92. The Bertz CT molecular complexity index is 755. The molecule has 0 saturated carbocycles. The number of fused-ring (bicyclic) bond motifs is 1. The Kier molecular flexibility index (Phi) is 3.79. The van der Waals surface area contributed by atoms with E-state index in [1.807, 2.05) is 16.9 Å². The van der Waals surface area contributed by atoms with E-state index >= 15 is 0 Å². The number of hydrogen-bond donors (Lipinski definition) is 0. The van der Waals surface area contributed by atoms with Crippen molar-refractivity contribution < 1.29 is 4.39 Å². The van der Waals surface area contributed by atoms with Crippen molar-refractivity contribution in [3.63, 3.8) is 0 Å². The molecule has 0 radical (unpaired) electrons. The van der Waals surface area contributed by atoms with Crippen LogP contribution >= 0.6 is 38.9 Å². The molecule has 20 heavy (non-hydrogen) atoms. The number of alkyl halides is 1. The zero-order valence-corrected chi connectivity index (χ0v) is 13.6. The van der Waals surface area contributed by atoms with Gasteiger partial charge in [0.1, 0.15) is 11.6 Å². The minimum absolute atomic E-state index is 0.261. The molecule has 3 nitrogen and oxygen atoms in total. The SMILES string of the molecule is CC(Cl)c1nc2cc(F)c(Br)cc2n1Cc1cscn1. The second kappa shape index (κ2) is 5.42. The molecule has 0 N–H and O–H groups in total. The highest BCUT2D eigenvalue weighted by Gasteiger charge is 2.17. The van der Waals surface area contributed by atoms with Crippen molar-refractivity contribution >= 4 is 49.9 Å². The van der Waals surface area contributed by atoms with Gasteiger partial charge < -0.3 is 4.57 Å². The monoisotopic (exact) mass is 373 g/mol. The van der Waals surface area contributed by atoms with E-state index in [9.17, 15) is 4.39 Å². The van der Waals surface area contributed by atoms with Gasteiger partial charge in [0.2, 0.25) is 0 Å². The molecular formula is C13H10BrClFN3S. The first kappa shape index (κ1) is 14.0. The van der Waals surface area contributed by atoms with Gasteiger partial charge in [-0.15, -0.1) is 22.9 Å². The molecule has 0 aliphatic carbocycles. The van der Waals surface area contributed by atoms with Crippen molar-refractivity contribution in [2.45, 2.75) is 18.8 Å². The summed E-state index contributed by atoms with van der Waals surface area (Å²) in [5.41, 5.74) is 4.17. The number of halogens is 3. The molecule has 0 spiro atoms. The number of nitrogens with zero attached hydrogens (tertiary/aromatic N) is 3. The summed E-state index contributed by atoms with van der Waals surface area (Å²) in [4.78, 5) is 8.72. The van der Waals surface area contributed by atoms with Gasteiger partial charge in [0.25, 0.3) is 0 Å². The van der Waals surface area contributed by atoms with Gasteiger partial charge in [-0.2, -0.15) is 0 Å². The summed E-state index contributed by atoms with van der Waals surface area (Å²) in [7, 11) is 0. The van der Waals surface area contributed by atoms with Gasteiger partial charge in [-0.1, -0.05) is 0 Å². The van der Waals surface area contributed by atoms with E-state index in [1.54, 1.807) is 11.6 Å². The van der Waals surface area contributed by atoms with Gasteiger partial charge in [-0.05, 0) is 28.9 Å². The van der Waals surface area contributed by atoms with Crippen molar-refractivity contribution in [2.75, 3.05) is 0 Å². The van der Waals surface area contributed by atoms with Crippen LogP contribution in [0.25, 0.3) is 11.0 Å². The molecule has 0 aliphatic rings. The van der Waals surface area contributed by atoms with Gasteiger partial charge >= 0.3 is 0 Å². The first-order valence-corrected chi connectivity index (χ1v) is 8.10. The van der Waals surface area contributed by atoms with Crippen LogP contribution in [0.2, 0.25) is 0 Å². The molecule has 2 aromatic heterocycles. The molecule has 3 aromatic rings. The molecule has 1 unspecified atom stereocenters. The first-order chi connectivity index (χ1) is 9.56. The van der Waals surface area contributed by atoms with Crippen molar-refractivity contribution in [3.8, 4) is 0 Å². The number of rotatable bonds is 3. The number of benzene rings is 1. The normalized spacial score (nSPS) is 13.0. The molecule has 0 amide bonds. The van der Waals surface area contributed by atoms with Crippen LogP contribution in [0, 0.1) is 5.82 Å². The number of thiazole rings is 1. The molecule has 3 rings (SSSR count). The van der Waals surface area contributed by atoms with Crippen LogP contribution in [0.15, 0.2) is 27.5 Å². The van der Waals surface area contributed by atoms with E-state index in [0.717, 1.165) is 11.2 Å². The molecule has 0 aliphatic heterocycles. The average molecular weight is 375 g/mol. The van der Waals surface area contributed by atoms with Gasteiger partial charge in [0.15, 0.2) is 0 Å².